The fourth-order valence-corrected chi connectivity index (χ4v) is 2.46. The SMILES string of the molecule is COCCOCc1cccc(NCC2CCCNC2)c1. The second-order valence-electron chi connectivity index (χ2n) is 5.34. The quantitative estimate of drug-likeness (QED) is 0.716. The van der Waals surface area contributed by atoms with Crippen LogP contribution in [0, 0.1) is 5.92 Å². The molecule has 112 valence electrons. The van der Waals surface area contributed by atoms with E-state index in [1.54, 1.807) is 7.11 Å². The first-order valence-corrected chi connectivity index (χ1v) is 7.48. The van der Waals surface area contributed by atoms with Crippen molar-refractivity contribution in [2.24, 2.45) is 5.92 Å². The molecular weight excluding hydrogens is 252 g/mol. The van der Waals surface area contributed by atoms with E-state index in [0.29, 0.717) is 19.8 Å². The Hall–Kier alpha value is -1.10. The molecule has 0 saturated carbocycles. The van der Waals surface area contributed by atoms with Gasteiger partial charge in [0.05, 0.1) is 19.8 Å². The van der Waals surface area contributed by atoms with Crippen LogP contribution in [0.3, 0.4) is 0 Å². The summed E-state index contributed by atoms with van der Waals surface area (Å²) >= 11 is 0. The predicted octanol–water partition coefficient (Wildman–Crippen LogP) is 2.26. The summed E-state index contributed by atoms with van der Waals surface area (Å²) in [4.78, 5) is 0. The maximum Gasteiger partial charge on any atom is 0.0718 e. The summed E-state index contributed by atoms with van der Waals surface area (Å²) in [6, 6.07) is 8.47. The largest absolute Gasteiger partial charge is 0.385 e. The van der Waals surface area contributed by atoms with Crippen LogP contribution < -0.4 is 10.6 Å². The molecular formula is C16H26N2O2. The van der Waals surface area contributed by atoms with E-state index in [2.05, 4.69) is 34.9 Å². The lowest BCUT2D eigenvalue weighted by atomic mass is 9.99. The molecule has 1 aromatic carbocycles. The zero-order valence-electron chi connectivity index (χ0n) is 12.4. The molecule has 1 fully saturated rings. The average Bonchev–Trinajstić information content (AvgIpc) is 2.51. The number of hydrogen-bond donors (Lipinski definition) is 2. The summed E-state index contributed by atoms with van der Waals surface area (Å²) in [5.41, 5.74) is 2.39. The van der Waals surface area contributed by atoms with Crippen LogP contribution in [-0.2, 0) is 16.1 Å². The van der Waals surface area contributed by atoms with Crippen molar-refractivity contribution in [3.8, 4) is 0 Å². The molecule has 2 N–H and O–H groups in total. The van der Waals surface area contributed by atoms with Gasteiger partial charge in [-0.3, -0.25) is 0 Å². The van der Waals surface area contributed by atoms with Gasteiger partial charge in [0.15, 0.2) is 0 Å². The summed E-state index contributed by atoms with van der Waals surface area (Å²) in [5, 5.41) is 6.99. The van der Waals surface area contributed by atoms with Crippen molar-refractivity contribution in [2.45, 2.75) is 19.4 Å². The molecule has 1 aliphatic heterocycles. The van der Waals surface area contributed by atoms with E-state index in [1.165, 1.54) is 30.6 Å². The molecule has 4 nitrogen and oxygen atoms in total. The molecule has 1 heterocycles. The van der Waals surface area contributed by atoms with Gasteiger partial charge >= 0.3 is 0 Å². The van der Waals surface area contributed by atoms with E-state index in [4.69, 9.17) is 9.47 Å². The average molecular weight is 278 g/mol. The topological polar surface area (TPSA) is 42.5 Å². The van der Waals surface area contributed by atoms with Crippen LogP contribution in [0.2, 0.25) is 0 Å². The molecule has 2 rings (SSSR count). The predicted molar refractivity (Wildman–Crippen MR) is 82.1 cm³/mol. The molecule has 0 aliphatic carbocycles. The Kier molecular flexibility index (Phi) is 6.84. The van der Waals surface area contributed by atoms with Crippen LogP contribution in [0.25, 0.3) is 0 Å². The molecule has 0 amide bonds. The van der Waals surface area contributed by atoms with Crippen molar-refractivity contribution < 1.29 is 9.47 Å². The number of piperidine rings is 1. The van der Waals surface area contributed by atoms with Gasteiger partial charge in [-0.15, -0.1) is 0 Å². The maximum atomic E-state index is 5.55. The van der Waals surface area contributed by atoms with Gasteiger partial charge in [0.1, 0.15) is 0 Å². The fourth-order valence-electron chi connectivity index (χ4n) is 2.46. The Morgan fingerprint density at radius 3 is 3.10 bits per heavy atom. The third-order valence-corrected chi connectivity index (χ3v) is 3.62. The van der Waals surface area contributed by atoms with Gasteiger partial charge in [-0.25, -0.2) is 0 Å². The minimum atomic E-state index is 0.641. The summed E-state index contributed by atoms with van der Waals surface area (Å²) in [6.07, 6.45) is 2.61. The van der Waals surface area contributed by atoms with Crippen molar-refractivity contribution in [3.05, 3.63) is 29.8 Å². The molecule has 1 atom stereocenters. The van der Waals surface area contributed by atoms with Gasteiger partial charge in [0.2, 0.25) is 0 Å². The number of rotatable bonds is 8. The van der Waals surface area contributed by atoms with E-state index >= 15 is 0 Å². The van der Waals surface area contributed by atoms with Gasteiger partial charge in [-0.1, -0.05) is 12.1 Å². The van der Waals surface area contributed by atoms with Crippen LogP contribution in [0.15, 0.2) is 24.3 Å². The maximum absolute atomic E-state index is 5.55. The van der Waals surface area contributed by atoms with Crippen molar-refractivity contribution in [3.63, 3.8) is 0 Å². The highest BCUT2D eigenvalue weighted by Gasteiger charge is 2.12. The highest BCUT2D eigenvalue weighted by atomic mass is 16.5. The standard InChI is InChI=1S/C16H26N2O2/c1-19-8-9-20-13-14-4-2-6-16(10-14)18-12-15-5-3-7-17-11-15/h2,4,6,10,15,17-18H,3,5,7-9,11-13H2,1H3. The van der Waals surface area contributed by atoms with Crippen LogP contribution in [0.4, 0.5) is 5.69 Å². The number of nitrogens with one attached hydrogen (secondary N) is 2. The highest BCUT2D eigenvalue weighted by Crippen LogP contribution is 2.15. The van der Waals surface area contributed by atoms with Gasteiger partial charge in [0.25, 0.3) is 0 Å². The molecule has 20 heavy (non-hydrogen) atoms. The van der Waals surface area contributed by atoms with E-state index in [9.17, 15) is 0 Å². The number of methoxy groups -OCH3 is 1. The Balaban J connectivity index is 1.73. The minimum absolute atomic E-state index is 0.641. The zero-order chi connectivity index (χ0) is 14.0. The smallest absolute Gasteiger partial charge is 0.0718 e. The number of benzene rings is 1. The number of ether oxygens (including phenoxy) is 2. The lowest BCUT2D eigenvalue weighted by molar-refractivity contribution is 0.0617. The molecule has 1 saturated heterocycles. The van der Waals surface area contributed by atoms with E-state index < -0.39 is 0 Å². The zero-order valence-corrected chi connectivity index (χ0v) is 12.4. The molecule has 0 radical (unpaired) electrons. The van der Waals surface area contributed by atoms with Crippen LogP contribution in [0.5, 0.6) is 0 Å². The van der Waals surface area contributed by atoms with Gasteiger partial charge in [-0.2, -0.15) is 0 Å². The van der Waals surface area contributed by atoms with Crippen LogP contribution >= 0.6 is 0 Å². The molecule has 0 bridgehead atoms. The third kappa shape index (κ3) is 5.49. The lowest BCUT2D eigenvalue weighted by Crippen LogP contribution is -2.33. The van der Waals surface area contributed by atoms with Crippen molar-refractivity contribution in [1.82, 2.24) is 5.32 Å². The summed E-state index contributed by atoms with van der Waals surface area (Å²) < 4.78 is 10.5. The van der Waals surface area contributed by atoms with E-state index in [-0.39, 0.29) is 0 Å². The Morgan fingerprint density at radius 1 is 1.35 bits per heavy atom. The van der Waals surface area contributed by atoms with Crippen LogP contribution in [0.1, 0.15) is 18.4 Å². The minimum Gasteiger partial charge on any atom is -0.385 e. The van der Waals surface area contributed by atoms with E-state index in [1.807, 2.05) is 0 Å². The first kappa shape index (κ1) is 15.3. The third-order valence-electron chi connectivity index (χ3n) is 3.62. The molecule has 0 spiro atoms. The van der Waals surface area contributed by atoms with E-state index in [0.717, 1.165) is 19.0 Å². The first-order valence-electron chi connectivity index (χ1n) is 7.48. The second-order valence-corrected chi connectivity index (χ2v) is 5.34. The van der Waals surface area contributed by atoms with Gasteiger partial charge < -0.3 is 20.1 Å². The fraction of sp³-hybridized carbons (Fsp3) is 0.625. The Labute approximate surface area is 121 Å². The van der Waals surface area contributed by atoms with Gasteiger partial charge in [-0.05, 0) is 49.5 Å². The summed E-state index contributed by atoms with van der Waals surface area (Å²) in [7, 11) is 1.69. The lowest BCUT2D eigenvalue weighted by Gasteiger charge is -2.23. The summed E-state index contributed by atoms with van der Waals surface area (Å²) in [6.45, 7) is 5.27. The molecule has 1 aromatic rings. The molecule has 1 unspecified atom stereocenters. The second kappa shape index (κ2) is 8.95. The Morgan fingerprint density at radius 2 is 2.30 bits per heavy atom. The Bertz CT molecular complexity index is 378. The van der Waals surface area contributed by atoms with Crippen molar-refractivity contribution in [2.75, 3.05) is 45.3 Å². The first-order chi connectivity index (χ1) is 9.88. The number of anilines is 1. The molecule has 0 aromatic heterocycles. The highest BCUT2D eigenvalue weighted by molar-refractivity contribution is 5.45. The number of hydrogen-bond acceptors (Lipinski definition) is 4. The normalized spacial score (nSPS) is 18.9. The molecule has 1 aliphatic rings. The van der Waals surface area contributed by atoms with Crippen molar-refractivity contribution in [1.29, 1.82) is 0 Å². The summed E-state index contributed by atoms with van der Waals surface area (Å²) in [5.74, 6) is 0.741. The molecule has 4 heteroatoms. The van der Waals surface area contributed by atoms with Gasteiger partial charge in [0, 0.05) is 19.3 Å². The van der Waals surface area contributed by atoms with Crippen LogP contribution in [-0.4, -0.2) is 40.0 Å². The van der Waals surface area contributed by atoms with Crippen molar-refractivity contribution >= 4 is 5.69 Å². The monoisotopic (exact) mass is 278 g/mol.